The van der Waals surface area contributed by atoms with Crippen molar-refractivity contribution in [3.63, 3.8) is 0 Å². The van der Waals surface area contributed by atoms with Crippen LogP contribution < -0.4 is 4.90 Å². The molecule has 1 atom stereocenters. The summed E-state index contributed by atoms with van der Waals surface area (Å²) in [4.78, 5) is 2.51. The summed E-state index contributed by atoms with van der Waals surface area (Å²) in [5.74, 6) is 0.575. The summed E-state index contributed by atoms with van der Waals surface area (Å²) in [5.41, 5.74) is 21.7. The molecule has 6 aromatic carbocycles. The zero-order valence-electron chi connectivity index (χ0n) is 33.8. The van der Waals surface area contributed by atoms with Gasteiger partial charge in [0, 0.05) is 22.5 Å². The molecule has 0 radical (unpaired) electrons. The van der Waals surface area contributed by atoms with Gasteiger partial charge in [-0.2, -0.15) is 0 Å². The highest BCUT2D eigenvalue weighted by Crippen LogP contribution is 2.51. The van der Waals surface area contributed by atoms with E-state index in [1.54, 1.807) is 0 Å². The van der Waals surface area contributed by atoms with E-state index < -0.39 is 0 Å². The average molecular weight is 750 g/mol. The summed E-state index contributed by atoms with van der Waals surface area (Å²) in [6, 6.07) is 54.7. The predicted octanol–water partition coefficient (Wildman–Crippen LogP) is 15.6. The summed E-state index contributed by atoms with van der Waals surface area (Å²) in [7, 11) is 0. The highest BCUT2D eigenvalue weighted by Gasteiger charge is 2.36. The quantitative estimate of drug-likeness (QED) is 0.150. The highest BCUT2D eigenvalue weighted by atomic mass is 15.1. The first-order valence-electron chi connectivity index (χ1n) is 21.4. The zero-order chi connectivity index (χ0) is 39.1. The van der Waals surface area contributed by atoms with Gasteiger partial charge in [-0.25, -0.2) is 0 Å². The molecule has 4 aliphatic rings. The van der Waals surface area contributed by atoms with Gasteiger partial charge in [-0.05, 0) is 160 Å². The van der Waals surface area contributed by atoms with Crippen LogP contribution in [0.5, 0.6) is 0 Å². The van der Waals surface area contributed by atoms with Crippen molar-refractivity contribution in [3.8, 4) is 22.3 Å². The fourth-order valence-corrected chi connectivity index (χ4v) is 9.92. The Hall–Kier alpha value is -6.18. The minimum Gasteiger partial charge on any atom is -0.315 e. The minimum atomic E-state index is -0.0136. The number of benzene rings is 6. The van der Waals surface area contributed by atoms with Gasteiger partial charge in [0.05, 0.1) is 0 Å². The van der Waals surface area contributed by atoms with Crippen LogP contribution in [0.1, 0.15) is 98.1 Å². The topological polar surface area (TPSA) is 3.24 Å². The SMILES string of the molecule is CC1(C)c2ccc(C3=CC=C(c4ccc(N(C5=CCC(c6ccccc6)CC5)c5ccc(C6=CC=CCC6)cc5)cc4)CC3)cc2-c2cc(-c3ccccc3)ccc21. The van der Waals surface area contributed by atoms with Gasteiger partial charge in [-0.3, -0.25) is 0 Å². The number of fused-ring (bicyclic) bond motifs is 3. The monoisotopic (exact) mass is 749 g/mol. The molecule has 0 aromatic heterocycles. The molecule has 0 aliphatic heterocycles. The van der Waals surface area contributed by atoms with Crippen LogP contribution in [0, 0.1) is 0 Å². The lowest BCUT2D eigenvalue weighted by Crippen LogP contribution is -2.20. The lowest BCUT2D eigenvalue weighted by atomic mass is 9.81. The van der Waals surface area contributed by atoms with Crippen molar-refractivity contribution in [1.29, 1.82) is 0 Å². The second-order valence-electron chi connectivity index (χ2n) is 17.1. The fraction of sp³-hybridized carbons (Fsp3) is 0.193. The van der Waals surface area contributed by atoms with Crippen LogP contribution in [0.4, 0.5) is 11.4 Å². The zero-order valence-corrected chi connectivity index (χ0v) is 33.8. The third kappa shape index (κ3) is 6.83. The second kappa shape index (κ2) is 15.3. The largest absolute Gasteiger partial charge is 0.315 e. The van der Waals surface area contributed by atoms with Crippen LogP contribution in [0.15, 0.2) is 188 Å². The Labute approximate surface area is 345 Å². The highest BCUT2D eigenvalue weighted by molar-refractivity contribution is 5.88. The maximum absolute atomic E-state index is 2.51. The van der Waals surface area contributed by atoms with Gasteiger partial charge >= 0.3 is 0 Å². The van der Waals surface area contributed by atoms with Gasteiger partial charge in [0.1, 0.15) is 0 Å². The Morgan fingerprint density at radius 1 is 0.500 bits per heavy atom. The molecule has 0 saturated carbocycles. The minimum absolute atomic E-state index is 0.0136. The molecule has 58 heavy (non-hydrogen) atoms. The van der Waals surface area contributed by atoms with Crippen molar-refractivity contribution < 1.29 is 0 Å². The van der Waals surface area contributed by atoms with Crippen molar-refractivity contribution in [2.75, 3.05) is 4.90 Å². The van der Waals surface area contributed by atoms with Gasteiger partial charge in [-0.15, -0.1) is 0 Å². The van der Waals surface area contributed by atoms with Gasteiger partial charge < -0.3 is 4.90 Å². The summed E-state index contributed by atoms with van der Waals surface area (Å²) in [6.07, 6.45) is 21.5. The maximum atomic E-state index is 2.51. The molecule has 0 fully saturated rings. The van der Waals surface area contributed by atoms with E-state index in [4.69, 9.17) is 0 Å². The second-order valence-corrected chi connectivity index (χ2v) is 17.1. The van der Waals surface area contributed by atoms with Crippen molar-refractivity contribution in [3.05, 3.63) is 221 Å². The molecule has 10 rings (SSSR count). The first-order valence-corrected chi connectivity index (χ1v) is 21.4. The van der Waals surface area contributed by atoms with E-state index >= 15 is 0 Å². The third-order valence-electron chi connectivity index (χ3n) is 13.3. The van der Waals surface area contributed by atoms with Crippen molar-refractivity contribution in [2.24, 2.45) is 0 Å². The van der Waals surface area contributed by atoms with E-state index in [1.807, 2.05) is 0 Å². The summed E-state index contributed by atoms with van der Waals surface area (Å²) in [5, 5.41) is 0. The van der Waals surface area contributed by atoms with Gasteiger partial charge in [0.25, 0.3) is 0 Å². The van der Waals surface area contributed by atoms with Crippen LogP contribution in [0.25, 0.3) is 39.0 Å². The number of nitrogens with zero attached hydrogens (tertiary/aromatic N) is 1. The molecule has 0 bridgehead atoms. The van der Waals surface area contributed by atoms with E-state index in [9.17, 15) is 0 Å². The first kappa shape index (κ1) is 36.2. The molecule has 0 saturated heterocycles. The molecule has 6 aromatic rings. The third-order valence-corrected chi connectivity index (χ3v) is 13.3. The lowest BCUT2D eigenvalue weighted by Gasteiger charge is -2.32. The normalized spacial score (nSPS) is 18.0. The molecule has 1 unspecified atom stereocenters. The van der Waals surface area contributed by atoms with Crippen LogP contribution in [0.3, 0.4) is 0 Å². The molecule has 1 nitrogen and oxygen atoms in total. The van der Waals surface area contributed by atoms with Gasteiger partial charge in [0.2, 0.25) is 0 Å². The van der Waals surface area contributed by atoms with Crippen LogP contribution in [-0.2, 0) is 5.41 Å². The Balaban J connectivity index is 0.921. The molecule has 0 spiro atoms. The van der Waals surface area contributed by atoms with E-state index in [0.717, 1.165) is 44.9 Å². The standard InChI is InChI=1S/C57H51N/c1-57(2)55-36-28-48(42-16-10-5-11-17-42)38-53(55)54-39-49(29-37-56(54)57)47-20-18-43(19-21-47)46-26-34-52(35-27-46)58(50-30-22-44(23-31-50)40-12-6-3-7-13-40)51-32-24-45(25-33-51)41-14-8-4-9-15-41/h3-8,10-14,16-18,20,24-30,32-39,44H,9,15,19,21-23,31H2,1-2H3. The van der Waals surface area contributed by atoms with Crippen molar-refractivity contribution in [2.45, 2.75) is 70.1 Å². The summed E-state index contributed by atoms with van der Waals surface area (Å²) < 4.78 is 0. The Morgan fingerprint density at radius 3 is 1.62 bits per heavy atom. The molecule has 0 amide bonds. The lowest BCUT2D eigenvalue weighted by molar-refractivity contribution is 0.593. The number of rotatable bonds is 8. The maximum Gasteiger partial charge on any atom is 0.0458 e. The number of hydrogen-bond donors (Lipinski definition) is 0. The molecular formula is C57H51N. The number of hydrogen-bond acceptors (Lipinski definition) is 1. The fourth-order valence-electron chi connectivity index (χ4n) is 9.92. The van der Waals surface area contributed by atoms with Gasteiger partial charge in [0.15, 0.2) is 0 Å². The van der Waals surface area contributed by atoms with Gasteiger partial charge in [-0.1, -0.05) is 159 Å². The Kier molecular flexibility index (Phi) is 9.54. The first-order chi connectivity index (χ1) is 28.5. The number of anilines is 2. The number of allylic oxidation sites excluding steroid dienone is 10. The van der Waals surface area contributed by atoms with E-state index in [2.05, 4.69) is 201 Å². The molecule has 1 heteroatoms. The summed E-state index contributed by atoms with van der Waals surface area (Å²) >= 11 is 0. The van der Waals surface area contributed by atoms with E-state index in [1.165, 1.54) is 89.4 Å². The molecular weight excluding hydrogens is 699 g/mol. The van der Waals surface area contributed by atoms with Crippen LogP contribution in [0.2, 0.25) is 0 Å². The summed E-state index contributed by atoms with van der Waals surface area (Å²) in [6.45, 7) is 4.74. The Bertz CT molecular complexity index is 2630. The molecule has 284 valence electrons. The van der Waals surface area contributed by atoms with Crippen molar-refractivity contribution in [1.82, 2.24) is 0 Å². The molecule has 0 N–H and O–H groups in total. The smallest absolute Gasteiger partial charge is 0.0458 e. The Morgan fingerprint density at radius 2 is 1.05 bits per heavy atom. The van der Waals surface area contributed by atoms with Crippen LogP contribution >= 0.6 is 0 Å². The predicted molar refractivity (Wildman–Crippen MR) is 247 cm³/mol. The van der Waals surface area contributed by atoms with E-state index in [-0.39, 0.29) is 5.41 Å². The van der Waals surface area contributed by atoms with E-state index in [0.29, 0.717) is 5.92 Å². The molecule has 4 aliphatic carbocycles. The van der Waals surface area contributed by atoms with Crippen LogP contribution in [-0.4, -0.2) is 0 Å². The molecule has 0 heterocycles. The van der Waals surface area contributed by atoms with Crippen molar-refractivity contribution >= 4 is 28.1 Å². The average Bonchev–Trinajstić information content (AvgIpc) is 3.52.